The number of hydrogen-bond acceptors (Lipinski definition) is 6. The van der Waals surface area contributed by atoms with Crippen LogP contribution in [0.15, 0.2) is 46.8 Å². The van der Waals surface area contributed by atoms with Gasteiger partial charge in [0.2, 0.25) is 0 Å². The van der Waals surface area contributed by atoms with Gasteiger partial charge in [-0.3, -0.25) is 10.1 Å². The Morgan fingerprint density at radius 3 is 2.68 bits per heavy atom. The molecule has 7 nitrogen and oxygen atoms in total. The van der Waals surface area contributed by atoms with Crippen molar-refractivity contribution in [3.63, 3.8) is 0 Å². The number of rotatable bonds is 2. The molecule has 5 N–H and O–H groups in total. The van der Waals surface area contributed by atoms with Crippen molar-refractivity contribution in [1.82, 2.24) is 15.2 Å². The molecule has 0 radical (unpaired) electrons. The monoisotopic (exact) mass is 253 g/mol. The van der Waals surface area contributed by atoms with Crippen molar-refractivity contribution in [3.8, 4) is 0 Å². The van der Waals surface area contributed by atoms with Gasteiger partial charge in [-0.2, -0.15) is 5.10 Å². The highest BCUT2D eigenvalue weighted by molar-refractivity contribution is 5.88. The highest BCUT2D eigenvalue weighted by atomic mass is 15.2. The van der Waals surface area contributed by atoms with E-state index in [9.17, 15) is 0 Å². The molecule has 0 spiro atoms. The first-order valence-corrected chi connectivity index (χ1v) is 5.60. The van der Waals surface area contributed by atoms with Gasteiger partial charge in [0.25, 0.3) is 0 Å². The molecule has 0 atom stereocenters. The van der Waals surface area contributed by atoms with Crippen molar-refractivity contribution < 1.29 is 0 Å². The van der Waals surface area contributed by atoms with Crippen molar-refractivity contribution in [2.75, 3.05) is 11.5 Å². The van der Waals surface area contributed by atoms with Crippen LogP contribution in [-0.2, 0) is 0 Å². The molecule has 0 bridgehead atoms. The van der Waals surface area contributed by atoms with Crippen LogP contribution in [0.25, 0.3) is 10.9 Å². The van der Waals surface area contributed by atoms with Gasteiger partial charge in [-0.25, -0.2) is 0 Å². The summed E-state index contributed by atoms with van der Waals surface area (Å²) in [5, 5.41) is 15.5. The molecule has 94 valence electrons. The number of nitrogen functional groups attached to an aromatic ring is 2. The number of nitrogens with one attached hydrogen (secondary N) is 1. The first-order valence-electron chi connectivity index (χ1n) is 5.60. The lowest BCUT2D eigenvalue weighted by atomic mass is 10.2. The Hall–Kier alpha value is -2.96. The van der Waals surface area contributed by atoms with Gasteiger partial charge < -0.3 is 11.5 Å². The van der Waals surface area contributed by atoms with Gasteiger partial charge in [-0.1, -0.05) is 18.2 Å². The zero-order valence-corrected chi connectivity index (χ0v) is 9.91. The number of aromatic amines is 1. The Morgan fingerprint density at radius 2 is 1.89 bits per heavy atom. The molecule has 0 fully saturated rings. The number of nitrogens with two attached hydrogens (primary N) is 2. The third kappa shape index (κ3) is 1.97. The molecule has 0 amide bonds. The molecule has 0 aliphatic rings. The molecule has 0 unspecified atom stereocenters. The zero-order valence-electron chi connectivity index (χ0n) is 9.91. The maximum Gasteiger partial charge on any atom is 0.175 e. The first kappa shape index (κ1) is 11.1. The van der Waals surface area contributed by atoms with E-state index in [4.69, 9.17) is 11.5 Å². The second kappa shape index (κ2) is 4.37. The predicted octanol–water partition coefficient (Wildman–Crippen LogP) is 2.54. The van der Waals surface area contributed by atoms with E-state index in [0.29, 0.717) is 11.4 Å². The SMILES string of the molecule is Nc1n[nH]c(N)c1/N=N/c1cccc2cccnc12. The summed E-state index contributed by atoms with van der Waals surface area (Å²) in [6, 6.07) is 9.50. The van der Waals surface area contributed by atoms with Gasteiger partial charge in [0.05, 0.1) is 5.52 Å². The van der Waals surface area contributed by atoms with Crippen LogP contribution < -0.4 is 11.5 Å². The Kier molecular flexibility index (Phi) is 2.57. The van der Waals surface area contributed by atoms with E-state index in [1.807, 2.05) is 30.3 Å². The second-order valence-electron chi connectivity index (χ2n) is 3.92. The molecule has 0 saturated heterocycles. The highest BCUT2D eigenvalue weighted by Gasteiger charge is 2.07. The van der Waals surface area contributed by atoms with Gasteiger partial charge in [0, 0.05) is 11.6 Å². The van der Waals surface area contributed by atoms with Gasteiger partial charge in [-0.05, 0) is 12.1 Å². The third-order valence-corrected chi connectivity index (χ3v) is 2.66. The number of benzene rings is 1. The molecule has 1 aromatic carbocycles. The number of hydrogen-bond donors (Lipinski definition) is 3. The molecule has 3 aromatic rings. The second-order valence-corrected chi connectivity index (χ2v) is 3.92. The fourth-order valence-electron chi connectivity index (χ4n) is 1.74. The normalized spacial score (nSPS) is 11.4. The largest absolute Gasteiger partial charge is 0.382 e. The summed E-state index contributed by atoms with van der Waals surface area (Å²) >= 11 is 0. The lowest BCUT2D eigenvalue weighted by molar-refractivity contribution is 1.11. The topological polar surface area (TPSA) is 118 Å². The third-order valence-electron chi connectivity index (χ3n) is 2.66. The number of H-pyrrole nitrogens is 1. The summed E-state index contributed by atoms with van der Waals surface area (Å²) < 4.78 is 0. The molecule has 0 aliphatic heterocycles. The number of fused-ring (bicyclic) bond motifs is 1. The molecule has 7 heteroatoms. The maximum absolute atomic E-state index is 5.65. The van der Waals surface area contributed by atoms with Crippen molar-refractivity contribution >= 4 is 33.9 Å². The Morgan fingerprint density at radius 1 is 1.05 bits per heavy atom. The predicted molar refractivity (Wildman–Crippen MR) is 73.3 cm³/mol. The minimum atomic E-state index is 0.217. The minimum Gasteiger partial charge on any atom is -0.382 e. The van der Waals surface area contributed by atoms with Gasteiger partial charge in [0.1, 0.15) is 11.5 Å². The van der Waals surface area contributed by atoms with Crippen molar-refractivity contribution in [1.29, 1.82) is 0 Å². The van der Waals surface area contributed by atoms with Crippen LogP contribution in [0, 0.1) is 0 Å². The summed E-state index contributed by atoms with van der Waals surface area (Å²) in [7, 11) is 0. The van der Waals surface area contributed by atoms with E-state index >= 15 is 0 Å². The number of pyridine rings is 1. The fourth-order valence-corrected chi connectivity index (χ4v) is 1.74. The van der Waals surface area contributed by atoms with Crippen LogP contribution in [-0.4, -0.2) is 15.2 Å². The molecule has 3 rings (SSSR count). The summed E-state index contributed by atoms with van der Waals surface area (Å²) in [4.78, 5) is 4.29. The summed E-state index contributed by atoms with van der Waals surface area (Å²) in [6.45, 7) is 0. The molecule has 2 aromatic heterocycles. The van der Waals surface area contributed by atoms with E-state index in [1.165, 1.54) is 0 Å². The molecular weight excluding hydrogens is 242 g/mol. The van der Waals surface area contributed by atoms with Crippen LogP contribution >= 0.6 is 0 Å². The average Bonchev–Trinajstić information content (AvgIpc) is 2.76. The van der Waals surface area contributed by atoms with Crippen molar-refractivity contribution in [2.24, 2.45) is 10.2 Å². The zero-order chi connectivity index (χ0) is 13.2. The van der Waals surface area contributed by atoms with Crippen LogP contribution in [0.3, 0.4) is 0 Å². The molecule has 2 heterocycles. The van der Waals surface area contributed by atoms with Gasteiger partial charge >= 0.3 is 0 Å². The van der Waals surface area contributed by atoms with Crippen molar-refractivity contribution in [2.45, 2.75) is 0 Å². The van der Waals surface area contributed by atoms with Crippen LogP contribution in [0.2, 0.25) is 0 Å². The summed E-state index contributed by atoms with van der Waals surface area (Å²) in [5.74, 6) is 0.504. The van der Waals surface area contributed by atoms with E-state index in [2.05, 4.69) is 25.4 Å². The van der Waals surface area contributed by atoms with Crippen LogP contribution in [0.1, 0.15) is 0 Å². The van der Waals surface area contributed by atoms with Crippen LogP contribution in [0.5, 0.6) is 0 Å². The number of aromatic nitrogens is 3. The maximum atomic E-state index is 5.65. The van der Waals surface area contributed by atoms with E-state index in [1.54, 1.807) is 6.20 Å². The molecule has 19 heavy (non-hydrogen) atoms. The van der Waals surface area contributed by atoms with Crippen molar-refractivity contribution in [3.05, 3.63) is 36.5 Å². The number of azo groups is 1. The summed E-state index contributed by atoms with van der Waals surface area (Å²) in [6.07, 6.45) is 1.71. The quantitative estimate of drug-likeness (QED) is 0.608. The number of anilines is 2. The molecular formula is C12H11N7. The van der Waals surface area contributed by atoms with E-state index in [-0.39, 0.29) is 11.6 Å². The lowest BCUT2D eigenvalue weighted by Gasteiger charge is -1.99. The van der Waals surface area contributed by atoms with E-state index in [0.717, 1.165) is 10.9 Å². The van der Waals surface area contributed by atoms with Gasteiger partial charge in [-0.15, -0.1) is 10.2 Å². The minimum absolute atomic E-state index is 0.217. The molecule has 0 saturated carbocycles. The van der Waals surface area contributed by atoms with E-state index < -0.39 is 0 Å². The lowest BCUT2D eigenvalue weighted by Crippen LogP contribution is -1.84. The highest BCUT2D eigenvalue weighted by Crippen LogP contribution is 2.30. The average molecular weight is 253 g/mol. The Bertz CT molecular complexity index is 735. The number of para-hydroxylation sites is 1. The summed E-state index contributed by atoms with van der Waals surface area (Å²) in [5.41, 5.74) is 13.0. The Labute approximate surface area is 108 Å². The molecule has 0 aliphatic carbocycles. The standard InChI is InChI=1S/C12H11N7/c13-11-10(12(14)19-18-11)17-16-8-5-1-3-7-4-2-6-15-9(7)8/h1-6H,(H5,13,14,18,19)/b17-16+. The Balaban J connectivity index is 2.07. The van der Waals surface area contributed by atoms with Gasteiger partial charge in [0.15, 0.2) is 11.5 Å². The fraction of sp³-hybridized carbons (Fsp3) is 0. The van der Waals surface area contributed by atoms with Crippen LogP contribution in [0.4, 0.5) is 23.0 Å². The first-order chi connectivity index (χ1) is 9.25. The smallest absolute Gasteiger partial charge is 0.175 e. The number of nitrogens with zero attached hydrogens (tertiary/aromatic N) is 4.